The van der Waals surface area contributed by atoms with Crippen LogP contribution in [0.15, 0.2) is 30.5 Å². The second kappa shape index (κ2) is 10.9. The zero-order chi connectivity index (χ0) is 17.9. The van der Waals surface area contributed by atoms with Crippen LogP contribution in [0.25, 0.3) is 10.9 Å². The van der Waals surface area contributed by atoms with E-state index in [4.69, 9.17) is 4.74 Å². The third-order valence-corrected chi connectivity index (χ3v) is 4.78. The van der Waals surface area contributed by atoms with Crippen molar-refractivity contribution in [2.75, 3.05) is 38.6 Å². The molecule has 0 radical (unpaired) electrons. The molecule has 0 aliphatic carbocycles. The standard InChI is InChI=1S/C21H33N3O/c1-4-24(5-2)15-10-8-6-7-9-13-22-20-17-19(25-3)16-18-12-11-14-23-21(18)20/h11-12,14,16-17,22H,4-10,13,15H2,1-3H3. The Hall–Kier alpha value is -1.81. The maximum absolute atomic E-state index is 5.40. The van der Waals surface area contributed by atoms with Crippen LogP contribution < -0.4 is 10.1 Å². The predicted molar refractivity (Wildman–Crippen MR) is 108 cm³/mol. The molecule has 138 valence electrons. The number of ether oxygens (including phenoxy) is 1. The highest BCUT2D eigenvalue weighted by atomic mass is 16.5. The lowest BCUT2D eigenvalue weighted by Gasteiger charge is -2.17. The topological polar surface area (TPSA) is 37.4 Å². The number of benzene rings is 1. The summed E-state index contributed by atoms with van der Waals surface area (Å²) in [5, 5.41) is 4.65. The molecule has 1 aromatic carbocycles. The van der Waals surface area contributed by atoms with Crippen LogP contribution in [0, 0.1) is 0 Å². The predicted octanol–water partition coefficient (Wildman–Crippen LogP) is 4.95. The van der Waals surface area contributed by atoms with E-state index in [0.717, 1.165) is 28.9 Å². The molecule has 25 heavy (non-hydrogen) atoms. The van der Waals surface area contributed by atoms with Crippen molar-refractivity contribution < 1.29 is 4.74 Å². The molecule has 0 unspecified atom stereocenters. The highest BCUT2D eigenvalue weighted by Gasteiger charge is 2.05. The van der Waals surface area contributed by atoms with E-state index in [0.29, 0.717) is 0 Å². The second-order valence-electron chi connectivity index (χ2n) is 6.47. The minimum absolute atomic E-state index is 0.874. The largest absolute Gasteiger partial charge is 0.497 e. The van der Waals surface area contributed by atoms with E-state index < -0.39 is 0 Å². The molecule has 0 aliphatic rings. The van der Waals surface area contributed by atoms with Crippen LogP contribution in [0.2, 0.25) is 0 Å². The Morgan fingerprint density at radius 3 is 2.56 bits per heavy atom. The molecule has 1 N–H and O–H groups in total. The monoisotopic (exact) mass is 343 g/mol. The van der Waals surface area contributed by atoms with Gasteiger partial charge in [-0.3, -0.25) is 4.98 Å². The normalized spacial score (nSPS) is 11.2. The quantitative estimate of drug-likeness (QED) is 0.553. The van der Waals surface area contributed by atoms with Gasteiger partial charge in [-0.1, -0.05) is 39.2 Å². The van der Waals surface area contributed by atoms with Crippen molar-refractivity contribution in [3.05, 3.63) is 30.5 Å². The smallest absolute Gasteiger partial charge is 0.121 e. The van der Waals surface area contributed by atoms with Crippen LogP contribution in [-0.4, -0.2) is 43.2 Å². The summed E-state index contributed by atoms with van der Waals surface area (Å²) in [6.07, 6.45) is 8.28. The molecule has 0 bridgehead atoms. The summed E-state index contributed by atoms with van der Waals surface area (Å²) >= 11 is 0. The Bertz CT molecular complexity index is 626. The molecule has 0 fully saturated rings. The van der Waals surface area contributed by atoms with Crippen molar-refractivity contribution >= 4 is 16.6 Å². The van der Waals surface area contributed by atoms with Gasteiger partial charge in [-0.25, -0.2) is 0 Å². The summed E-state index contributed by atoms with van der Waals surface area (Å²) in [5.41, 5.74) is 2.08. The van der Waals surface area contributed by atoms with Crippen LogP contribution in [0.4, 0.5) is 5.69 Å². The molecule has 0 aliphatic heterocycles. The summed E-state index contributed by atoms with van der Waals surface area (Å²) in [5.74, 6) is 0.874. The van der Waals surface area contributed by atoms with Crippen LogP contribution in [-0.2, 0) is 0 Å². The summed E-state index contributed by atoms with van der Waals surface area (Å²) in [6.45, 7) is 9.05. The number of aromatic nitrogens is 1. The number of rotatable bonds is 12. The number of methoxy groups -OCH3 is 1. The van der Waals surface area contributed by atoms with E-state index in [-0.39, 0.29) is 0 Å². The zero-order valence-electron chi connectivity index (χ0n) is 16.1. The summed E-state index contributed by atoms with van der Waals surface area (Å²) in [6, 6.07) is 8.11. The second-order valence-corrected chi connectivity index (χ2v) is 6.47. The van der Waals surface area contributed by atoms with E-state index in [2.05, 4.69) is 35.1 Å². The Morgan fingerprint density at radius 1 is 1.04 bits per heavy atom. The van der Waals surface area contributed by atoms with Crippen molar-refractivity contribution in [3.8, 4) is 5.75 Å². The number of anilines is 1. The average Bonchev–Trinajstić information content (AvgIpc) is 2.66. The molecule has 0 spiro atoms. The fourth-order valence-corrected chi connectivity index (χ4v) is 3.17. The minimum Gasteiger partial charge on any atom is -0.497 e. The SMILES string of the molecule is CCN(CC)CCCCCCCNc1cc(OC)cc2cccnc12. The Labute approximate surface area is 152 Å². The first kappa shape index (κ1) is 19.5. The number of unbranched alkanes of at least 4 members (excludes halogenated alkanes) is 4. The highest BCUT2D eigenvalue weighted by molar-refractivity contribution is 5.91. The molecular formula is C21H33N3O. The van der Waals surface area contributed by atoms with E-state index in [1.807, 2.05) is 24.4 Å². The van der Waals surface area contributed by atoms with Gasteiger partial charge in [0.1, 0.15) is 5.75 Å². The van der Waals surface area contributed by atoms with Crippen LogP contribution in [0.5, 0.6) is 5.75 Å². The minimum atomic E-state index is 0.874. The third-order valence-electron chi connectivity index (χ3n) is 4.78. The van der Waals surface area contributed by atoms with Gasteiger partial charge in [0.15, 0.2) is 0 Å². The first-order chi connectivity index (χ1) is 12.3. The Morgan fingerprint density at radius 2 is 1.80 bits per heavy atom. The fourth-order valence-electron chi connectivity index (χ4n) is 3.17. The first-order valence-corrected chi connectivity index (χ1v) is 9.67. The third kappa shape index (κ3) is 6.20. The fraction of sp³-hybridized carbons (Fsp3) is 0.571. The van der Waals surface area contributed by atoms with Gasteiger partial charge < -0.3 is 15.0 Å². The molecular weight excluding hydrogens is 310 g/mol. The molecule has 4 nitrogen and oxygen atoms in total. The van der Waals surface area contributed by atoms with E-state index in [1.165, 1.54) is 51.7 Å². The summed E-state index contributed by atoms with van der Waals surface area (Å²) < 4.78 is 5.40. The van der Waals surface area contributed by atoms with Crippen molar-refractivity contribution in [2.24, 2.45) is 0 Å². The van der Waals surface area contributed by atoms with E-state index in [9.17, 15) is 0 Å². The van der Waals surface area contributed by atoms with E-state index in [1.54, 1.807) is 7.11 Å². The van der Waals surface area contributed by atoms with Gasteiger partial charge in [0.2, 0.25) is 0 Å². The molecule has 2 rings (SSSR count). The number of hydrogen-bond acceptors (Lipinski definition) is 4. The maximum Gasteiger partial charge on any atom is 0.121 e. The summed E-state index contributed by atoms with van der Waals surface area (Å²) in [4.78, 5) is 7.01. The van der Waals surface area contributed by atoms with Crippen LogP contribution >= 0.6 is 0 Å². The van der Waals surface area contributed by atoms with Crippen molar-refractivity contribution in [1.29, 1.82) is 0 Å². The molecule has 0 amide bonds. The number of fused-ring (bicyclic) bond motifs is 1. The number of pyridine rings is 1. The molecule has 0 saturated heterocycles. The Balaban J connectivity index is 1.71. The zero-order valence-corrected chi connectivity index (χ0v) is 16.1. The van der Waals surface area contributed by atoms with Crippen molar-refractivity contribution in [2.45, 2.75) is 46.0 Å². The molecule has 2 aromatic rings. The van der Waals surface area contributed by atoms with Gasteiger partial charge in [0.25, 0.3) is 0 Å². The number of nitrogens with zero attached hydrogens (tertiary/aromatic N) is 2. The molecule has 0 saturated carbocycles. The van der Waals surface area contributed by atoms with Crippen LogP contribution in [0.3, 0.4) is 0 Å². The highest BCUT2D eigenvalue weighted by Crippen LogP contribution is 2.27. The lowest BCUT2D eigenvalue weighted by atomic mass is 10.1. The molecule has 1 aromatic heterocycles. The first-order valence-electron chi connectivity index (χ1n) is 9.67. The lowest BCUT2D eigenvalue weighted by molar-refractivity contribution is 0.295. The molecule has 0 atom stereocenters. The van der Waals surface area contributed by atoms with Gasteiger partial charge >= 0.3 is 0 Å². The lowest BCUT2D eigenvalue weighted by Crippen LogP contribution is -2.23. The van der Waals surface area contributed by atoms with Gasteiger partial charge in [0, 0.05) is 24.2 Å². The molecule has 4 heteroatoms. The van der Waals surface area contributed by atoms with Gasteiger partial charge in [-0.05, 0) is 44.6 Å². The van der Waals surface area contributed by atoms with Crippen molar-refractivity contribution in [3.63, 3.8) is 0 Å². The maximum atomic E-state index is 5.40. The van der Waals surface area contributed by atoms with Crippen LogP contribution in [0.1, 0.15) is 46.0 Å². The number of nitrogens with one attached hydrogen (secondary N) is 1. The van der Waals surface area contributed by atoms with Crippen molar-refractivity contribution in [1.82, 2.24) is 9.88 Å². The van der Waals surface area contributed by atoms with E-state index >= 15 is 0 Å². The summed E-state index contributed by atoms with van der Waals surface area (Å²) in [7, 11) is 1.71. The number of hydrogen-bond donors (Lipinski definition) is 1. The van der Waals surface area contributed by atoms with Gasteiger partial charge in [-0.2, -0.15) is 0 Å². The average molecular weight is 344 g/mol. The Kier molecular flexibility index (Phi) is 8.53. The van der Waals surface area contributed by atoms with Gasteiger partial charge in [-0.15, -0.1) is 0 Å². The molecule has 1 heterocycles. The van der Waals surface area contributed by atoms with Gasteiger partial charge in [0.05, 0.1) is 18.3 Å².